The zero-order valence-corrected chi connectivity index (χ0v) is 29.7. The topological polar surface area (TPSA) is 206 Å². The lowest BCUT2D eigenvalue weighted by molar-refractivity contribution is -0.143. The zero-order chi connectivity index (χ0) is 36.5. The second-order valence-electron chi connectivity index (χ2n) is 14.8. The van der Waals surface area contributed by atoms with Crippen molar-refractivity contribution in [2.24, 2.45) is 5.41 Å². The summed E-state index contributed by atoms with van der Waals surface area (Å²) < 4.78 is 38.9. The van der Waals surface area contributed by atoms with Crippen molar-refractivity contribution in [3.8, 4) is 11.8 Å². The van der Waals surface area contributed by atoms with Crippen LogP contribution >= 0.6 is 0 Å². The maximum Gasteiger partial charge on any atom is 0.408 e. The van der Waals surface area contributed by atoms with Crippen LogP contribution in [0.15, 0.2) is 36.9 Å². The molecule has 4 rings (SSSR count). The number of aromatic hydroxyl groups is 1. The van der Waals surface area contributed by atoms with Crippen molar-refractivity contribution >= 4 is 44.6 Å². The highest BCUT2D eigenvalue weighted by molar-refractivity contribution is 7.91. The number of likely N-dealkylation sites (tertiary alicyclic amines) is 1. The first-order valence-corrected chi connectivity index (χ1v) is 17.6. The van der Waals surface area contributed by atoms with Crippen LogP contribution in [0, 0.1) is 5.41 Å². The van der Waals surface area contributed by atoms with Crippen molar-refractivity contribution in [2.45, 2.75) is 109 Å². The van der Waals surface area contributed by atoms with E-state index < -0.39 is 73.8 Å². The Kier molecular flexibility index (Phi) is 10.5. The van der Waals surface area contributed by atoms with Gasteiger partial charge in [-0.2, -0.15) is 0 Å². The van der Waals surface area contributed by atoms with Gasteiger partial charge in [0.05, 0.1) is 22.6 Å². The molecule has 2 aliphatic rings. The van der Waals surface area contributed by atoms with Gasteiger partial charge in [0.1, 0.15) is 29.3 Å². The molecule has 4 N–H and O–H groups in total. The van der Waals surface area contributed by atoms with Gasteiger partial charge in [-0.3, -0.25) is 19.1 Å². The predicted molar refractivity (Wildman–Crippen MR) is 180 cm³/mol. The van der Waals surface area contributed by atoms with Crippen LogP contribution in [0.2, 0.25) is 0 Å². The third-order valence-electron chi connectivity index (χ3n) is 8.19. The Labute approximate surface area is 286 Å². The third kappa shape index (κ3) is 8.96. The molecule has 15 nitrogen and oxygen atoms in total. The molecule has 49 heavy (non-hydrogen) atoms. The van der Waals surface area contributed by atoms with Gasteiger partial charge in [-0.1, -0.05) is 39.0 Å². The van der Waals surface area contributed by atoms with Crippen LogP contribution in [-0.2, 0) is 29.1 Å². The molecule has 1 saturated carbocycles. The van der Waals surface area contributed by atoms with E-state index in [2.05, 4.69) is 32.1 Å². The number of nitrogens with zero attached hydrogens (tertiary/aromatic N) is 3. The fourth-order valence-electron chi connectivity index (χ4n) is 5.47. The molecule has 4 amide bonds. The van der Waals surface area contributed by atoms with Crippen LogP contribution in [0.4, 0.5) is 4.79 Å². The van der Waals surface area contributed by atoms with E-state index in [1.807, 2.05) is 0 Å². The first kappa shape index (κ1) is 37.4. The van der Waals surface area contributed by atoms with Gasteiger partial charge in [0.15, 0.2) is 0 Å². The van der Waals surface area contributed by atoms with Crippen LogP contribution in [-0.4, -0.2) is 93.6 Å². The van der Waals surface area contributed by atoms with Crippen LogP contribution in [0.5, 0.6) is 11.8 Å². The lowest BCUT2D eigenvalue weighted by Gasteiger charge is -2.36. The van der Waals surface area contributed by atoms with E-state index in [1.54, 1.807) is 65.8 Å². The molecule has 4 atom stereocenters. The minimum absolute atomic E-state index is 0.0623. The highest BCUT2D eigenvalue weighted by Crippen LogP contribution is 2.33. The third-order valence-corrected chi connectivity index (χ3v) is 10.0. The molecule has 1 aromatic heterocycles. The second-order valence-corrected chi connectivity index (χ2v) is 16.8. The van der Waals surface area contributed by atoms with Crippen molar-refractivity contribution in [2.75, 3.05) is 6.54 Å². The van der Waals surface area contributed by atoms with Crippen LogP contribution in [0.3, 0.4) is 0 Å². The van der Waals surface area contributed by atoms with E-state index in [4.69, 9.17) is 9.47 Å². The molecule has 1 aliphatic carbocycles. The maximum absolute atomic E-state index is 14.3. The lowest BCUT2D eigenvalue weighted by atomic mass is 9.85. The summed E-state index contributed by atoms with van der Waals surface area (Å²) >= 11 is 0. The molecule has 1 aromatic carbocycles. The number of sulfonamides is 1. The molecule has 0 radical (unpaired) electrons. The standard InChI is InChI=1S/C33H46N6O9S/c1-9-16-33(8,29(43)38-49(45,46)20-14-15-20)35-26(41)23-17-19(47-27-22-13-11-10-12-21(22)25(40)36-37-27)18-39(23)28(42)24(31(2,3)4)34-30(44)48-32(5,6)7/h9-13,19-20,23-24H,1,14-18H2,2-8H3,(H,34,44)(H,35,41)(H,36,40)(H,38,43)/t19-,23+,24-,33+/m1/s1. The average molecular weight is 703 g/mol. The smallest absolute Gasteiger partial charge is 0.408 e. The Bertz CT molecular complexity index is 1730. The number of ether oxygens (including phenoxy) is 2. The lowest BCUT2D eigenvalue weighted by Crippen LogP contribution is -2.62. The molecule has 2 fully saturated rings. The number of alkyl carbamates (subject to hydrolysis) is 1. The molecular formula is C33H46N6O9S. The number of fused-ring (bicyclic) bond motifs is 1. The molecule has 0 unspecified atom stereocenters. The summed E-state index contributed by atoms with van der Waals surface area (Å²) in [6.45, 7) is 15.2. The number of hydrogen-bond acceptors (Lipinski definition) is 11. The first-order valence-electron chi connectivity index (χ1n) is 16.0. The van der Waals surface area contributed by atoms with Gasteiger partial charge in [-0.05, 0) is 64.5 Å². The molecule has 0 spiro atoms. The zero-order valence-electron chi connectivity index (χ0n) is 28.9. The fraction of sp³-hybridized carbons (Fsp3) is 0.576. The minimum Gasteiger partial charge on any atom is -0.492 e. The summed E-state index contributed by atoms with van der Waals surface area (Å²) in [4.78, 5) is 55.9. The van der Waals surface area contributed by atoms with Gasteiger partial charge in [0, 0.05) is 6.42 Å². The summed E-state index contributed by atoms with van der Waals surface area (Å²) in [5.74, 6) is -2.55. The van der Waals surface area contributed by atoms with Gasteiger partial charge < -0.3 is 30.1 Å². The molecule has 0 bridgehead atoms. The molecule has 2 heterocycles. The summed E-state index contributed by atoms with van der Waals surface area (Å²) in [5.41, 5.74) is -3.44. The van der Waals surface area contributed by atoms with E-state index in [0.29, 0.717) is 23.6 Å². The van der Waals surface area contributed by atoms with Gasteiger partial charge in [-0.15, -0.1) is 16.8 Å². The minimum atomic E-state index is -3.94. The summed E-state index contributed by atoms with van der Waals surface area (Å²) in [5, 5.41) is 23.5. The van der Waals surface area contributed by atoms with E-state index >= 15 is 0 Å². The molecule has 16 heteroatoms. The van der Waals surface area contributed by atoms with Crippen molar-refractivity contribution < 1.29 is 42.2 Å². The normalized spacial score (nSPS) is 20.1. The van der Waals surface area contributed by atoms with Gasteiger partial charge in [-0.25, -0.2) is 13.2 Å². The number of aromatic nitrogens is 2. The summed E-state index contributed by atoms with van der Waals surface area (Å²) in [7, 11) is -3.94. The number of nitrogens with one attached hydrogen (secondary N) is 3. The summed E-state index contributed by atoms with van der Waals surface area (Å²) in [6, 6.07) is 4.37. The number of rotatable bonds is 11. The Morgan fingerprint density at radius 2 is 1.69 bits per heavy atom. The van der Waals surface area contributed by atoms with E-state index in [9.17, 15) is 32.7 Å². The van der Waals surface area contributed by atoms with E-state index in [0.717, 1.165) is 0 Å². The second kappa shape index (κ2) is 13.8. The Morgan fingerprint density at radius 1 is 1.06 bits per heavy atom. The monoisotopic (exact) mass is 702 g/mol. The Morgan fingerprint density at radius 3 is 2.27 bits per heavy atom. The first-order chi connectivity index (χ1) is 22.6. The van der Waals surface area contributed by atoms with Gasteiger partial charge in [0.2, 0.25) is 33.6 Å². The number of hydrogen-bond donors (Lipinski definition) is 4. The maximum atomic E-state index is 14.3. The number of benzene rings is 1. The quantitative estimate of drug-likeness (QED) is 0.251. The molecule has 1 saturated heterocycles. The van der Waals surface area contributed by atoms with Crippen molar-refractivity contribution in [3.05, 3.63) is 36.9 Å². The molecular weight excluding hydrogens is 656 g/mol. The number of carbonyl (C=O) groups is 4. The van der Waals surface area contributed by atoms with Gasteiger partial charge in [0.25, 0.3) is 5.91 Å². The van der Waals surface area contributed by atoms with E-state index in [1.165, 1.54) is 17.9 Å². The highest BCUT2D eigenvalue weighted by Gasteiger charge is 2.49. The number of amides is 4. The van der Waals surface area contributed by atoms with Crippen LogP contribution < -0.4 is 20.1 Å². The highest BCUT2D eigenvalue weighted by atomic mass is 32.2. The van der Waals surface area contributed by atoms with Crippen LogP contribution in [0.1, 0.15) is 74.1 Å². The predicted octanol–water partition coefficient (Wildman–Crippen LogP) is 2.68. The SMILES string of the molecule is C=CC[C@](C)(NC(=O)[C@@H]1C[C@@H](Oc2nnc(O)c3ccccc23)CN1C(=O)[C@@H](NC(=O)OC(C)(C)C)C(C)(C)C)C(=O)NS(=O)(=O)C1CC1. The Balaban J connectivity index is 1.67. The number of carbonyl (C=O) groups excluding carboxylic acids is 4. The molecule has 268 valence electrons. The average Bonchev–Trinajstić information content (AvgIpc) is 3.77. The van der Waals surface area contributed by atoms with Crippen molar-refractivity contribution in [1.82, 2.24) is 30.5 Å². The largest absolute Gasteiger partial charge is 0.492 e. The van der Waals surface area contributed by atoms with Crippen molar-refractivity contribution in [3.63, 3.8) is 0 Å². The fourth-order valence-corrected chi connectivity index (χ4v) is 6.88. The summed E-state index contributed by atoms with van der Waals surface area (Å²) in [6.07, 6.45) is 0.406. The molecule has 1 aliphatic heterocycles. The Hall–Kier alpha value is -4.47. The van der Waals surface area contributed by atoms with Crippen molar-refractivity contribution in [1.29, 1.82) is 0 Å². The molecule has 2 aromatic rings. The van der Waals surface area contributed by atoms with E-state index in [-0.39, 0.29) is 31.1 Å². The van der Waals surface area contributed by atoms with Crippen LogP contribution in [0.25, 0.3) is 10.8 Å². The van der Waals surface area contributed by atoms with Gasteiger partial charge >= 0.3 is 6.09 Å².